The summed E-state index contributed by atoms with van der Waals surface area (Å²) in [5.74, 6) is 4.89. The molecule has 0 fully saturated rings. The van der Waals surface area contributed by atoms with Gasteiger partial charge in [-0.2, -0.15) is 0 Å². The van der Waals surface area contributed by atoms with Crippen LogP contribution in [0.1, 0.15) is 37.0 Å². The summed E-state index contributed by atoms with van der Waals surface area (Å²) in [7, 11) is 0. The third-order valence-electron chi connectivity index (χ3n) is 2.39. The van der Waals surface area contributed by atoms with Crippen LogP contribution >= 0.6 is 0 Å². The van der Waals surface area contributed by atoms with Crippen molar-refractivity contribution in [3.8, 4) is 0 Å². The van der Waals surface area contributed by atoms with Crippen molar-refractivity contribution in [3.63, 3.8) is 0 Å². The lowest BCUT2D eigenvalue weighted by Gasteiger charge is -2.04. The SMILES string of the molecule is CCCNN.CCc1c(C)cccc1C. The van der Waals surface area contributed by atoms with Crippen LogP contribution in [0, 0.1) is 13.8 Å². The Morgan fingerprint density at radius 3 is 1.87 bits per heavy atom. The molecule has 0 aliphatic heterocycles. The first-order valence-electron chi connectivity index (χ1n) is 5.65. The minimum atomic E-state index is 0.917. The first kappa shape index (κ1) is 14.1. The largest absolute Gasteiger partial charge is 0.271 e. The first-order valence-corrected chi connectivity index (χ1v) is 5.65. The van der Waals surface area contributed by atoms with Crippen molar-refractivity contribution in [3.05, 3.63) is 34.9 Å². The lowest BCUT2D eigenvalue weighted by molar-refractivity contribution is 0.714. The zero-order chi connectivity index (χ0) is 11.7. The fourth-order valence-corrected chi connectivity index (χ4v) is 1.55. The van der Waals surface area contributed by atoms with Gasteiger partial charge in [-0.25, -0.2) is 0 Å². The van der Waals surface area contributed by atoms with Crippen LogP contribution in [0.25, 0.3) is 0 Å². The highest BCUT2D eigenvalue weighted by Gasteiger charge is 1.96. The van der Waals surface area contributed by atoms with Crippen LogP contribution in [-0.4, -0.2) is 6.54 Å². The Morgan fingerprint density at radius 2 is 1.67 bits per heavy atom. The summed E-state index contributed by atoms with van der Waals surface area (Å²) in [5.41, 5.74) is 6.86. The maximum Gasteiger partial charge on any atom is 0.00947 e. The maximum absolute atomic E-state index is 4.89. The minimum Gasteiger partial charge on any atom is -0.271 e. The van der Waals surface area contributed by atoms with Gasteiger partial charge in [0.15, 0.2) is 0 Å². The van der Waals surface area contributed by atoms with Crippen LogP contribution in [0.5, 0.6) is 0 Å². The minimum absolute atomic E-state index is 0.917. The molecule has 0 aliphatic carbocycles. The molecule has 0 amide bonds. The standard InChI is InChI=1S/C10H14.C3H10N2/c1-4-10-8(2)6-5-7-9(10)3;1-2-3-5-4/h5-7H,4H2,1-3H3;5H,2-4H2,1H3. The summed E-state index contributed by atoms with van der Waals surface area (Å²) in [4.78, 5) is 0. The van der Waals surface area contributed by atoms with Crippen LogP contribution in [0.2, 0.25) is 0 Å². The number of nitrogens with one attached hydrogen (secondary N) is 1. The number of benzene rings is 1. The van der Waals surface area contributed by atoms with E-state index in [1.165, 1.54) is 16.7 Å². The monoisotopic (exact) mass is 208 g/mol. The number of rotatable bonds is 3. The number of hydrogen-bond acceptors (Lipinski definition) is 2. The van der Waals surface area contributed by atoms with Crippen LogP contribution in [0.3, 0.4) is 0 Å². The Kier molecular flexibility index (Phi) is 7.96. The van der Waals surface area contributed by atoms with E-state index in [2.05, 4.69) is 51.3 Å². The smallest absolute Gasteiger partial charge is 0.00947 e. The summed E-state index contributed by atoms with van der Waals surface area (Å²) in [6.45, 7) is 9.53. The molecule has 15 heavy (non-hydrogen) atoms. The van der Waals surface area contributed by atoms with E-state index in [0.29, 0.717) is 0 Å². The molecule has 0 saturated heterocycles. The summed E-state index contributed by atoms with van der Waals surface area (Å²) >= 11 is 0. The Morgan fingerprint density at radius 1 is 1.13 bits per heavy atom. The summed E-state index contributed by atoms with van der Waals surface area (Å²) < 4.78 is 0. The highest BCUT2D eigenvalue weighted by Crippen LogP contribution is 2.12. The van der Waals surface area contributed by atoms with Crippen LogP contribution in [0.4, 0.5) is 0 Å². The zero-order valence-electron chi connectivity index (χ0n) is 10.4. The van der Waals surface area contributed by atoms with E-state index in [0.717, 1.165) is 19.4 Å². The number of hydrazine groups is 1. The lowest BCUT2D eigenvalue weighted by Crippen LogP contribution is -2.21. The molecule has 3 N–H and O–H groups in total. The lowest BCUT2D eigenvalue weighted by atomic mass is 10.0. The quantitative estimate of drug-likeness (QED) is 0.592. The van der Waals surface area contributed by atoms with E-state index < -0.39 is 0 Å². The molecule has 86 valence electrons. The van der Waals surface area contributed by atoms with Crippen molar-refractivity contribution in [1.29, 1.82) is 0 Å². The highest BCUT2D eigenvalue weighted by molar-refractivity contribution is 5.33. The maximum atomic E-state index is 4.89. The van der Waals surface area contributed by atoms with Crippen LogP contribution in [0.15, 0.2) is 18.2 Å². The van der Waals surface area contributed by atoms with Gasteiger partial charge in [0, 0.05) is 6.54 Å². The van der Waals surface area contributed by atoms with Gasteiger partial charge < -0.3 is 0 Å². The molecular weight excluding hydrogens is 184 g/mol. The number of nitrogens with two attached hydrogens (primary N) is 1. The third kappa shape index (κ3) is 5.55. The Bertz CT molecular complexity index is 247. The normalized spacial score (nSPS) is 9.40. The second-order valence-corrected chi connectivity index (χ2v) is 3.68. The molecule has 2 heteroatoms. The van der Waals surface area contributed by atoms with Gasteiger partial charge >= 0.3 is 0 Å². The van der Waals surface area contributed by atoms with Crippen molar-refractivity contribution in [2.24, 2.45) is 5.84 Å². The number of aryl methyl sites for hydroxylation is 2. The second kappa shape index (κ2) is 8.45. The number of hydrogen-bond donors (Lipinski definition) is 2. The second-order valence-electron chi connectivity index (χ2n) is 3.68. The molecule has 0 aliphatic rings. The molecule has 2 nitrogen and oxygen atoms in total. The highest BCUT2D eigenvalue weighted by atomic mass is 15.2. The van der Waals surface area contributed by atoms with Crippen LogP contribution < -0.4 is 11.3 Å². The molecule has 0 radical (unpaired) electrons. The van der Waals surface area contributed by atoms with Crippen molar-refractivity contribution >= 4 is 0 Å². The van der Waals surface area contributed by atoms with E-state index in [1.807, 2.05) is 0 Å². The topological polar surface area (TPSA) is 38.0 Å². The van der Waals surface area contributed by atoms with Crippen molar-refractivity contribution in [1.82, 2.24) is 5.43 Å². The molecule has 0 aromatic heterocycles. The molecule has 0 heterocycles. The van der Waals surface area contributed by atoms with Crippen molar-refractivity contribution < 1.29 is 0 Å². The van der Waals surface area contributed by atoms with E-state index in [9.17, 15) is 0 Å². The Hall–Kier alpha value is -0.860. The Labute approximate surface area is 93.9 Å². The zero-order valence-corrected chi connectivity index (χ0v) is 10.4. The van der Waals surface area contributed by atoms with Gasteiger partial charge in [-0.1, -0.05) is 32.0 Å². The Balaban J connectivity index is 0.000000336. The van der Waals surface area contributed by atoms with Gasteiger partial charge in [-0.05, 0) is 43.4 Å². The molecule has 1 aromatic carbocycles. The van der Waals surface area contributed by atoms with Gasteiger partial charge in [-0.3, -0.25) is 11.3 Å². The van der Waals surface area contributed by atoms with Crippen LogP contribution in [-0.2, 0) is 6.42 Å². The molecule has 0 atom stereocenters. The van der Waals surface area contributed by atoms with Gasteiger partial charge in [-0.15, -0.1) is 0 Å². The first-order chi connectivity index (χ1) is 7.17. The fraction of sp³-hybridized carbons (Fsp3) is 0.538. The average molecular weight is 208 g/mol. The van der Waals surface area contributed by atoms with Crippen molar-refractivity contribution in [2.45, 2.75) is 40.5 Å². The van der Waals surface area contributed by atoms with Gasteiger partial charge in [0.1, 0.15) is 0 Å². The molecule has 1 aromatic rings. The van der Waals surface area contributed by atoms with E-state index >= 15 is 0 Å². The van der Waals surface area contributed by atoms with E-state index in [4.69, 9.17) is 5.84 Å². The van der Waals surface area contributed by atoms with Gasteiger partial charge in [0.05, 0.1) is 0 Å². The average Bonchev–Trinajstić information content (AvgIpc) is 2.20. The third-order valence-corrected chi connectivity index (χ3v) is 2.39. The molecule has 0 unspecified atom stereocenters. The molecule has 0 saturated carbocycles. The van der Waals surface area contributed by atoms with E-state index in [-0.39, 0.29) is 0 Å². The van der Waals surface area contributed by atoms with Gasteiger partial charge in [0.2, 0.25) is 0 Å². The summed E-state index contributed by atoms with van der Waals surface area (Å²) in [5, 5.41) is 0. The summed E-state index contributed by atoms with van der Waals surface area (Å²) in [6, 6.07) is 6.46. The summed E-state index contributed by atoms with van der Waals surface area (Å²) in [6.07, 6.45) is 2.26. The molecule has 0 spiro atoms. The molecule has 0 bridgehead atoms. The van der Waals surface area contributed by atoms with Crippen molar-refractivity contribution in [2.75, 3.05) is 6.54 Å². The fourth-order valence-electron chi connectivity index (χ4n) is 1.55. The molecular formula is C13H24N2. The van der Waals surface area contributed by atoms with Gasteiger partial charge in [0.25, 0.3) is 0 Å². The van der Waals surface area contributed by atoms with E-state index in [1.54, 1.807) is 0 Å². The predicted octanol–water partition coefficient (Wildman–Crippen LogP) is 2.73. The molecule has 1 rings (SSSR count). The predicted molar refractivity (Wildman–Crippen MR) is 67.8 cm³/mol.